The number of anilines is 2. The number of nitrogens with one attached hydrogen (secondary N) is 1. The molecule has 1 aliphatic heterocycles. The number of carbonyl (C=O) groups is 1. The molecule has 0 saturated carbocycles. The Bertz CT molecular complexity index is 1000. The maximum atomic E-state index is 12.7. The fourth-order valence-corrected chi connectivity index (χ4v) is 3.47. The summed E-state index contributed by atoms with van der Waals surface area (Å²) in [6, 6.07) is 1.63. The molecule has 0 radical (unpaired) electrons. The van der Waals surface area contributed by atoms with Crippen molar-refractivity contribution in [2.24, 2.45) is 0 Å². The number of rotatable bonds is 4. The van der Waals surface area contributed by atoms with Crippen LogP contribution in [0.4, 0.5) is 11.5 Å². The van der Waals surface area contributed by atoms with E-state index in [1.165, 1.54) is 0 Å². The number of likely N-dealkylation sites (N-methyl/N-ethyl adjacent to an activating group) is 1. The van der Waals surface area contributed by atoms with Gasteiger partial charge in [0.05, 0.1) is 6.20 Å². The van der Waals surface area contributed by atoms with Crippen LogP contribution in [0.25, 0.3) is 23.2 Å². The molecule has 0 aromatic carbocycles. The van der Waals surface area contributed by atoms with Gasteiger partial charge in [-0.1, -0.05) is 6.92 Å². The van der Waals surface area contributed by atoms with Gasteiger partial charge in [-0.2, -0.15) is 0 Å². The van der Waals surface area contributed by atoms with Crippen LogP contribution in [0, 0.1) is 0 Å². The number of aromatic amines is 1. The third kappa shape index (κ3) is 2.88. The minimum Gasteiger partial charge on any atom is -0.341 e. The van der Waals surface area contributed by atoms with Crippen LogP contribution in [0.2, 0.25) is 0 Å². The maximum Gasteiger partial charge on any atom is 0.249 e. The van der Waals surface area contributed by atoms with Crippen molar-refractivity contribution in [2.45, 2.75) is 39.3 Å². The normalized spacial score (nSPS) is 16.6. The highest BCUT2D eigenvalue weighted by Crippen LogP contribution is 2.36. The van der Waals surface area contributed by atoms with Crippen LogP contribution in [0.5, 0.6) is 0 Å². The van der Waals surface area contributed by atoms with Crippen LogP contribution in [-0.2, 0) is 4.79 Å². The summed E-state index contributed by atoms with van der Waals surface area (Å²) in [5, 5.41) is 0. The summed E-state index contributed by atoms with van der Waals surface area (Å²) in [5.74, 6) is 2.35. The van der Waals surface area contributed by atoms with Gasteiger partial charge in [-0.3, -0.25) is 4.79 Å². The first-order chi connectivity index (χ1) is 13.5. The smallest absolute Gasteiger partial charge is 0.249 e. The van der Waals surface area contributed by atoms with E-state index in [2.05, 4.69) is 43.7 Å². The van der Waals surface area contributed by atoms with E-state index >= 15 is 0 Å². The first-order valence-electron chi connectivity index (χ1n) is 9.27. The molecule has 0 fully saturated rings. The third-order valence-electron chi connectivity index (χ3n) is 4.83. The lowest BCUT2D eigenvalue weighted by Gasteiger charge is -2.42. The first kappa shape index (κ1) is 18.0. The summed E-state index contributed by atoms with van der Waals surface area (Å²) >= 11 is 0. The Morgan fingerprint density at radius 1 is 1.14 bits per heavy atom. The van der Waals surface area contributed by atoms with Gasteiger partial charge in [-0.05, 0) is 26.3 Å². The Balaban J connectivity index is 1.77. The van der Waals surface area contributed by atoms with E-state index in [1.54, 1.807) is 42.8 Å². The molecule has 1 aliphatic rings. The predicted octanol–water partition coefficient (Wildman–Crippen LogP) is 2.29. The number of carbonyl (C=O) groups excluding carboxylic acids is 1. The molecule has 4 heterocycles. The molecule has 0 saturated heterocycles. The Labute approximate surface area is 162 Å². The Hall–Kier alpha value is -3.36. The van der Waals surface area contributed by atoms with E-state index in [0.29, 0.717) is 35.3 Å². The highest BCUT2D eigenvalue weighted by Gasteiger charge is 2.38. The molecule has 144 valence electrons. The summed E-state index contributed by atoms with van der Waals surface area (Å²) in [6.07, 6.45) is 7.46. The Kier molecular flexibility index (Phi) is 4.50. The van der Waals surface area contributed by atoms with E-state index in [1.807, 2.05) is 6.92 Å². The molecular weight excluding hydrogens is 356 g/mol. The monoisotopic (exact) mass is 378 g/mol. The van der Waals surface area contributed by atoms with Crippen LogP contribution >= 0.6 is 0 Å². The van der Waals surface area contributed by atoms with Crippen LogP contribution in [-0.4, -0.2) is 54.9 Å². The van der Waals surface area contributed by atoms with Gasteiger partial charge in [-0.15, -0.1) is 0 Å². The van der Waals surface area contributed by atoms with Crippen molar-refractivity contribution in [3.8, 4) is 23.2 Å². The predicted molar refractivity (Wildman–Crippen MR) is 106 cm³/mol. The van der Waals surface area contributed by atoms with Gasteiger partial charge in [-0.25, -0.2) is 24.9 Å². The summed E-state index contributed by atoms with van der Waals surface area (Å²) < 4.78 is 0. The number of H-pyrrole nitrogens is 1. The molecular formula is C19H22N8O. The minimum absolute atomic E-state index is 0.0586. The first-order valence-corrected chi connectivity index (χ1v) is 9.27. The molecule has 9 nitrogen and oxygen atoms in total. The molecule has 1 atom stereocenters. The second-order valence-electron chi connectivity index (χ2n) is 6.93. The fraction of sp³-hybridized carbons (Fsp3) is 0.368. The van der Waals surface area contributed by atoms with Crippen LogP contribution in [0.3, 0.4) is 0 Å². The molecule has 1 N–H and O–H groups in total. The molecule has 0 unspecified atom stereocenters. The number of amides is 1. The van der Waals surface area contributed by atoms with Gasteiger partial charge < -0.3 is 14.8 Å². The Morgan fingerprint density at radius 2 is 1.89 bits per heavy atom. The largest absolute Gasteiger partial charge is 0.341 e. The van der Waals surface area contributed by atoms with Crippen molar-refractivity contribution in [3.05, 3.63) is 30.9 Å². The van der Waals surface area contributed by atoms with Gasteiger partial charge in [0, 0.05) is 31.7 Å². The highest BCUT2D eigenvalue weighted by molar-refractivity contribution is 6.04. The summed E-state index contributed by atoms with van der Waals surface area (Å²) in [5.41, 5.74) is 1.30. The lowest BCUT2D eigenvalue weighted by atomic mass is 10.1. The zero-order valence-corrected chi connectivity index (χ0v) is 16.3. The van der Waals surface area contributed by atoms with Crippen molar-refractivity contribution in [2.75, 3.05) is 16.8 Å². The number of hydrogen-bond acceptors (Lipinski definition) is 7. The molecule has 0 aliphatic carbocycles. The molecule has 9 heteroatoms. The number of fused-ring (bicyclic) bond motifs is 1. The van der Waals surface area contributed by atoms with Crippen molar-refractivity contribution in [3.63, 3.8) is 0 Å². The quantitative estimate of drug-likeness (QED) is 0.743. The highest BCUT2D eigenvalue weighted by atomic mass is 16.2. The lowest BCUT2D eigenvalue weighted by molar-refractivity contribution is -0.120. The average Bonchev–Trinajstić information content (AvgIpc) is 3.20. The summed E-state index contributed by atoms with van der Waals surface area (Å²) in [4.78, 5) is 41.7. The number of nitrogens with zero attached hydrogens (tertiary/aromatic N) is 7. The van der Waals surface area contributed by atoms with Gasteiger partial charge >= 0.3 is 0 Å². The topological polar surface area (TPSA) is 104 Å². The average molecular weight is 378 g/mol. The van der Waals surface area contributed by atoms with Crippen LogP contribution in [0.1, 0.15) is 27.2 Å². The summed E-state index contributed by atoms with van der Waals surface area (Å²) in [7, 11) is 1.77. The standard InChI is InChI=1S/C19H22N8O/c1-5-13-19(28)26(4)14-10-23-15(25-18(14)27(13)11(2)3)12-9-22-17(24-12)16-20-7-6-8-21-16/h6-11,13H,5H2,1-4H3,(H,22,24)/t13-/m1/s1. The van der Waals surface area contributed by atoms with Crippen molar-refractivity contribution in [1.29, 1.82) is 0 Å². The minimum atomic E-state index is -0.243. The number of hydrogen-bond donors (Lipinski definition) is 1. The van der Waals surface area contributed by atoms with E-state index in [9.17, 15) is 4.79 Å². The zero-order valence-electron chi connectivity index (χ0n) is 16.3. The molecule has 28 heavy (non-hydrogen) atoms. The van der Waals surface area contributed by atoms with E-state index < -0.39 is 0 Å². The van der Waals surface area contributed by atoms with Gasteiger partial charge in [0.2, 0.25) is 5.91 Å². The van der Waals surface area contributed by atoms with Gasteiger partial charge in [0.25, 0.3) is 0 Å². The second-order valence-corrected chi connectivity index (χ2v) is 6.93. The second kappa shape index (κ2) is 6.99. The summed E-state index contributed by atoms with van der Waals surface area (Å²) in [6.45, 7) is 6.14. The van der Waals surface area contributed by atoms with Crippen LogP contribution in [0.15, 0.2) is 30.9 Å². The van der Waals surface area contributed by atoms with Crippen LogP contribution < -0.4 is 9.80 Å². The van der Waals surface area contributed by atoms with Crippen molar-refractivity contribution in [1.82, 2.24) is 29.9 Å². The third-order valence-corrected chi connectivity index (χ3v) is 4.83. The van der Waals surface area contributed by atoms with Gasteiger partial charge in [0.1, 0.15) is 17.4 Å². The molecule has 3 aromatic heterocycles. The fourth-order valence-electron chi connectivity index (χ4n) is 3.47. The van der Waals surface area contributed by atoms with Crippen molar-refractivity contribution >= 4 is 17.4 Å². The number of aromatic nitrogens is 6. The lowest BCUT2D eigenvalue weighted by Crippen LogP contribution is -2.54. The van der Waals surface area contributed by atoms with E-state index in [0.717, 1.165) is 5.82 Å². The SMILES string of the molecule is CC[C@@H]1C(=O)N(C)c2cnc(-c3c[nH]c(-c4ncccn4)n3)nc2N1C(C)C. The number of imidazole rings is 1. The van der Waals surface area contributed by atoms with E-state index in [4.69, 9.17) is 4.98 Å². The molecule has 3 aromatic rings. The molecule has 0 spiro atoms. The van der Waals surface area contributed by atoms with Crippen molar-refractivity contribution < 1.29 is 4.79 Å². The molecule has 4 rings (SSSR count). The van der Waals surface area contributed by atoms with Gasteiger partial charge in [0.15, 0.2) is 23.3 Å². The maximum absolute atomic E-state index is 12.7. The Morgan fingerprint density at radius 3 is 2.57 bits per heavy atom. The van der Waals surface area contributed by atoms with E-state index in [-0.39, 0.29) is 18.0 Å². The zero-order chi connectivity index (χ0) is 19.8. The molecule has 0 bridgehead atoms. The molecule has 1 amide bonds.